The fourth-order valence-electron chi connectivity index (χ4n) is 3.11. The molecule has 3 aromatic rings. The first-order valence-corrected chi connectivity index (χ1v) is 9.34. The van der Waals surface area contributed by atoms with Crippen LogP contribution in [0.2, 0.25) is 0 Å². The van der Waals surface area contributed by atoms with Crippen molar-refractivity contribution in [3.63, 3.8) is 0 Å². The second-order valence-corrected chi connectivity index (χ2v) is 7.10. The second-order valence-electron chi connectivity index (χ2n) is 6.02. The highest BCUT2D eigenvalue weighted by molar-refractivity contribution is 7.15. The highest BCUT2D eigenvalue weighted by Crippen LogP contribution is 2.37. The van der Waals surface area contributed by atoms with E-state index in [0.29, 0.717) is 23.7 Å². The Hall–Kier alpha value is -2.41. The minimum atomic E-state index is -0.320. The topological polar surface area (TPSA) is 70.2 Å². The van der Waals surface area contributed by atoms with E-state index in [-0.39, 0.29) is 12.6 Å². The van der Waals surface area contributed by atoms with Crippen LogP contribution >= 0.6 is 11.3 Å². The molecule has 130 valence electrons. The van der Waals surface area contributed by atoms with E-state index in [4.69, 9.17) is 9.26 Å². The third-order valence-corrected chi connectivity index (χ3v) is 5.65. The van der Waals surface area contributed by atoms with Crippen molar-refractivity contribution < 1.29 is 14.1 Å². The van der Waals surface area contributed by atoms with Crippen LogP contribution in [-0.2, 0) is 30.6 Å². The van der Waals surface area contributed by atoms with E-state index in [2.05, 4.69) is 10.1 Å². The van der Waals surface area contributed by atoms with Crippen molar-refractivity contribution in [3.05, 3.63) is 52.2 Å². The summed E-state index contributed by atoms with van der Waals surface area (Å²) in [5.74, 6) is 0.628. The number of nitrogens with zero attached hydrogens (tertiary/aromatic N) is 3. The molecule has 0 N–H and O–H groups in total. The molecule has 0 atom stereocenters. The van der Waals surface area contributed by atoms with Gasteiger partial charge in [-0.1, -0.05) is 12.1 Å². The second kappa shape index (κ2) is 6.84. The molecule has 25 heavy (non-hydrogen) atoms. The van der Waals surface area contributed by atoms with Crippen molar-refractivity contribution in [2.45, 2.75) is 45.6 Å². The Morgan fingerprint density at radius 2 is 2.12 bits per heavy atom. The van der Waals surface area contributed by atoms with Crippen LogP contribution in [-0.4, -0.2) is 20.7 Å². The molecule has 1 aliphatic rings. The summed E-state index contributed by atoms with van der Waals surface area (Å²) in [6, 6.07) is 3.91. The molecule has 3 heterocycles. The normalized spacial score (nSPS) is 13.6. The van der Waals surface area contributed by atoms with E-state index >= 15 is 0 Å². The first-order valence-electron chi connectivity index (χ1n) is 8.52. The van der Waals surface area contributed by atoms with Crippen LogP contribution in [0.4, 0.5) is 0 Å². The molecule has 6 nitrogen and oxygen atoms in total. The van der Waals surface area contributed by atoms with Gasteiger partial charge in [0.1, 0.15) is 5.00 Å². The van der Waals surface area contributed by atoms with Gasteiger partial charge in [-0.3, -0.25) is 0 Å². The summed E-state index contributed by atoms with van der Waals surface area (Å²) < 4.78 is 12.6. The SMILES string of the molecule is CCc1noc(COC(=O)c2c(-n3cccc3)sc3c2CCCC3)n1. The van der Waals surface area contributed by atoms with Crippen LogP contribution in [0.25, 0.3) is 5.00 Å². The van der Waals surface area contributed by atoms with Crippen LogP contribution in [0.5, 0.6) is 0 Å². The lowest BCUT2D eigenvalue weighted by molar-refractivity contribution is 0.0429. The number of ether oxygens (including phenoxy) is 1. The molecule has 0 radical (unpaired) electrons. The van der Waals surface area contributed by atoms with Crippen LogP contribution < -0.4 is 0 Å². The van der Waals surface area contributed by atoms with Crippen molar-refractivity contribution in [2.75, 3.05) is 0 Å². The minimum absolute atomic E-state index is 0.00156. The van der Waals surface area contributed by atoms with Gasteiger partial charge in [-0.25, -0.2) is 4.79 Å². The summed E-state index contributed by atoms with van der Waals surface area (Å²) in [5.41, 5.74) is 1.83. The molecule has 1 aliphatic carbocycles. The Balaban J connectivity index is 1.61. The Morgan fingerprint density at radius 1 is 1.32 bits per heavy atom. The van der Waals surface area contributed by atoms with Gasteiger partial charge in [0.15, 0.2) is 12.4 Å². The Bertz CT molecular complexity index is 880. The van der Waals surface area contributed by atoms with Gasteiger partial charge in [0.2, 0.25) is 0 Å². The van der Waals surface area contributed by atoms with E-state index in [9.17, 15) is 4.79 Å². The summed E-state index contributed by atoms with van der Waals surface area (Å²) in [5, 5.41) is 4.76. The number of carbonyl (C=O) groups is 1. The van der Waals surface area contributed by atoms with E-state index in [0.717, 1.165) is 29.8 Å². The summed E-state index contributed by atoms with van der Waals surface area (Å²) in [4.78, 5) is 18.3. The standard InChI is InChI=1S/C18H19N3O3S/c1-2-14-19-15(24-20-14)11-23-18(22)16-12-7-3-4-8-13(12)25-17(16)21-9-5-6-10-21/h5-6,9-10H,2-4,7-8,11H2,1H3. The Kier molecular flexibility index (Phi) is 4.40. The van der Waals surface area contributed by atoms with Gasteiger partial charge in [-0.15, -0.1) is 11.3 Å². The number of hydrogen-bond acceptors (Lipinski definition) is 6. The molecule has 0 bridgehead atoms. The van der Waals surface area contributed by atoms with Crippen molar-refractivity contribution in [1.82, 2.24) is 14.7 Å². The third-order valence-electron chi connectivity index (χ3n) is 4.35. The summed E-state index contributed by atoms with van der Waals surface area (Å²) in [7, 11) is 0. The van der Waals surface area contributed by atoms with Gasteiger partial charge in [0.05, 0.1) is 5.56 Å². The average Bonchev–Trinajstić information content (AvgIpc) is 3.38. The average molecular weight is 357 g/mol. The summed E-state index contributed by atoms with van der Waals surface area (Å²) in [6.07, 6.45) is 8.85. The molecule has 7 heteroatoms. The molecule has 0 spiro atoms. The number of esters is 1. The van der Waals surface area contributed by atoms with Gasteiger partial charge >= 0.3 is 5.97 Å². The van der Waals surface area contributed by atoms with E-state index in [1.54, 1.807) is 11.3 Å². The molecule has 0 fully saturated rings. The van der Waals surface area contributed by atoms with Gasteiger partial charge in [-0.05, 0) is 43.4 Å². The lowest BCUT2D eigenvalue weighted by Gasteiger charge is -2.12. The zero-order valence-electron chi connectivity index (χ0n) is 14.0. The monoisotopic (exact) mass is 357 g/mol. The summed E-state index contributed by atoms with van der Waals surface area (Å²) in [6.45, 7) is 1.95. The van der Waals surface area contributed by atoms with Crippen LogP contribution in [0.15, 0.2) is 29.0 Å². The smallest absolute Gasteiger partial charge is 0.341 e. The molecular formula is C18H19N3O3S. The molecule has 0 unspecified atom stereocenters. The quantitative estimate of drug-likeness (QED) is 0.651. The first kappa shape index (κ1) is 16.1. The van der Waals surface area contributed by atoms with Crippen molar-refractivity contribution in [3.8, 4) is 5.00 Å². The number of carbonyl (C=O) groups excluding carboxylic acids is 1. The summed E-state index contributed by atoms with van der Waals surface area (Å²) >= 11 is 1.69. The molecular weight excluding hydrogens is 338 g/mol. The van der Waals surface area contributed by atoms with E-state index in [1.807, 2.05) is 36.0 Å². The van der Waals surface area contributed by atoms with Crippen LogP contribution in [0.1, 0.15) is 52.3 Å². The highest BCUT2D eigenvalue weighted by Gasteiger charge is 2.27. The fraction of sp³-hybridized carbons (Fsp3) is 0.389. The maximum atomic E-state index is 12.8. The van der Waals surface area contributed by atoms with Crippen molar-refractivity contribution >= 4 is 17.3 Å². The number of aromatic nitrogens is 3. The van der Waals surface area contributed by atoms with Gasteiger partial charge < -0.3 is 13.8 Å². The van der Waals surface area contributed by atoms with E-state index < -0.39 is 0 Å². The van der Waals surface area contributed by atoms with Gasteiger partial charge in [0.25, 0.3) is 5.89 Å². The largest absolute Gasteiger partial charge is 0.452 e. The zero-order valence-corrected chi connectivity index (χ0v) is 14.8. The number of fused-ring (bicyclic) bond motifs is 1. The molecule has 0 amide bonds. The predicted molar refractivity (Wildman–Crippen MR) is 93.1 cm³/mol. The highest BCUT2D eigenvalue weighted by atomic mass is 32.1. The van der Waals surface area contributed by atoms with Crippen molar-refractivity contribution in [1.29, 1.82) is 0 Å². The third kappa shape index (κ3) is 3.11. The number of thiophene rings is 1. The Morgan fingerprint density at radius 3 is 2.88 bits per heavy atom. The fourth-order valence-corrected chi connectivity index (χ4v) is 4.45. The first-order chi connectivity index (χ1) is 12.3. The molecule has 3 aromatic heterocycles. The zero-order chi connectivity index (χ0) is 17.2. The lowest BCUT2D eigenvalue weighted by atomic mass is 9.95. The molecule has 0 aromatic carbocycles. The van der Waals surface area contributed by atoms with Gasteiger partial charge in [-0.2, -0.15) is 4.98 Å². The van der Waals surface area contributed by atoms with E-state index in [1.165, 1.54) is 11.3 Å². The minimum Gasteiger partial charge on any atom is -0.452 e. The molecule has 0 saturated carbocycles. The van der Waals surface area contributed by atoms with Crippen LogP contribution in [0.3, 0.4) is 0 Å². The van der Waals surface area contributed by atoms with Crippen LogP contribution in [0, 0.1) is 0 Å². The molecule has 0 aliphatic heterocycles. The molecule has 0 saturated heterocycles. The molecule has 4 rings (SSSR count). The predicted octanol–water partition coefficient (Wildman–Crippen LogP) is 3.72. The van der Waals surface area contributed by atoms with Gasteiger partial charge in [0, 0.05) is 23.7 Å². The number of aryl methyl sites for hydroxylation is 2. The Labute approximate surface area is 149 Å². The number of hydrogen-bond donors (Lipinski definition) is 0. The lowest BCUT2D eigenvalue weighted by Crippen LogP contribution is -2.12. The maximum Gasteiger partial charge on any atom is 0.341 e. The maximum absolute atomic E-state index is 12.8. The number of rotatable bonds is 5. The van der Waals surface area contributed by atoms with Crippen molar-refractivity contribution in [2.24, 2.45) is 0 Å².